The summed E-state index contributed by atoms with van der Waals surface area (Å²) >= 11 is 1.48. The molecular weight excluding hydrogens is 394 g/mol. The molecule has 0 spiro atoms. The van der Waals surface area contributed by atoms with Crippen LogP contribution in [0.25, 0.3) is 11.0 Å². The van der Waals surface area contributed by atoms with E-state index in [-0.39, 0.29) is 16.9 Å². The molecule has 1 amide bonds. The first-order valence-electron chi connectivity index (χ1n) is 10.5. The van der Waals surface area contributed by atoms with Crippen LogP contribution in [0.2, 0.25) is 0 Å². The third-order valence-electron chi connectivity index (χ3n) is 5.07. The van der Waals surface area contributed by atoms with Crippen LogP contribution in [0.4, 0.5) is 5.69 Å². The van der Waals surface area contributed by atoms with Gasteiger partial charge in [0.2, 0.25) is 5.91 Å². The first-order chi connectivity index (χ1) is 14.5. The molecule has 1 N–H and O–H groups in total. The maximum Gasteiger partial charge on any atom is 0.237 e. The maximum absolute atomic E-state index is 12.7. The van der Waals surface area contributed by atoms with Gasteiger partial charge in [0.05, 0.1) is 16.3 Å². The number of nitrogens with zero attached hydrogens (tertiary/aromatic N) is 2. The molecule has 0 saturated carbocycles. The second kappa shape index (κ2) is 10.4. The zero-order valence-electron chi connectivity index (χ0n) is 17.9. The molecule has 0 aliphatic heterocycles. The van der Waals surface area contributed by atoms with Gasteiger partial charge >= 0.3 is 0 Å². The zero-order valence-corrected chi connectivity index (χ0v) is 18.7. The van der Waals surface area contributed by atoms with Crippen molar-refractivity contribution in [2.75, 3.05) is 5.32 Å². The fourth-order valence-corrected chi connectivity index (χ4v) is 4.25. The standard InChI is InChI=1S/C24H29N3O2S/c1-4-5-6-9-16-27-22-11-8-7-10-21(22)26-24(27)30-18(3)23(29)25-20-14-12-19(13-15-20)17(2)28/h7-8,10-15,18H,4-6,9,16H2,1-3H3,(H,25,29)/t18-/m1/s1. The number of benzene rings is 2. The Balaban J connectivity index is 1.70. The van der Waals surface area contributed by atoms with E-state index in [0.29, 0.717) is 11.3 Å². The van der Waals surface area contributed by atoms with Crippen molar-refractivity contribution in [1.82, 2.24) is 9.55 Å². The normalized spacial score (nSPS) is 12.1. The summed E-state index contributed by atoms with van der Waals surface area (Å²) in [5.74, 6) is -0.0743. The zero-order chi connectivity index (χ0) is 21.5. The number of fused-ring (bicyclic) bond motifs is 1. The van der Waals surface area contributed by atoms with Crippen LogP contribution in [-0.2, 0) is 11.3 Å². The van der Waals surface area contributed by atoms with Crippen molar-refractivity contribution < 1.29 is 9.59 Å². The molecule has 30 heavy (non-hydrogen) atoms. The van der Waals surface area contributed by atoms with Gasteiger partial charge in [-0.15, -0.1) is 0 Å². The summed E-state index contributed by atoms with van der Waals surface area (Å²) in [4.78, 5) is 28.9. The predicted octanol–water partition coefficient (Wildman–Crippen LogP) is 5.94. The molecule has 5 nitrogen and oxygen atoms in total. The summed E-state index contributed by atoms with van der Waals surface area (Å²) in [5, 5.41) is 3.51. The number of rotatable bonds is 10. The first-order valence-corrected chi connectivity index (χ1v) is 11.4. The molecule has 0 fully saturated rings. The average Bonchev–Trinajstić information content (AvgIpc) is 3.08. The van der Waals surface area contributed by atoms with Crippen LogP contribution in [-0.4, -0.2) is 26.5 Å². The molecule has 3 rings (SSSR count). The van der Waals surface area contributed by atoms with Gasteiger partial charge in [0.25, 0.3) is 0 Å². The van der Waals surface area contributed by atoms with E-state index in [2.05, 4.69) is 22.9 Å². The summed E-state index contributed by atoms with van der Waals surface area (Å²) in [6, 6.07) is 15.1. The molecule has 1 heterocycles. The van der Waals surface area contributed by atoms with E-state index in [1.54, 1.807) is 24.3 Å². The molecule has 158 valence electrons. The molecular formula is C24H29N3O2S. The van der Waals surface area contributed by atoms with E-state index in [1.165, 1.54) is 37.9 Å². The van der Waals surface area contributed by atoms with Gasteiger partial charge < -0.3 is 9.88 Å². The Bertz CT molecular complexity index is 1010. The lowest BCUT2D eigenvalue weighted by molar-refractivity contribution is -0.115. The fourth-order valence-electron chi connectivity index (χ4n) is 3.30. The second-order valence-corrected chi connectivity index (χ2v) is 8.79. The number of aryl methyl sites for hydroxylation is 1. The number of carbonyl (C=O) groups excluding carboxylic acids is 2. The lowest BCUT2D eigenvalue weighted by Crippen LogP contribution is -2.23. The predicted molar refractivity (Wildman–Crippen MR) is 124 cm³/mol. The third-order valence-corrected chi connectivity index (χ3v) is 6.16. The minimum atomic E-state index is -0.302. The molecule has 1 atom stereocenters. The molecule has 3 aromatic rings. The number of anilines is 1. The van der Waals surface area contributed by atoms with Crippen molar-refractivity contribution in [2.45, 2.75) is 63.4 Å². The third kappa shape index (κ3) is 5.51. The largest absolute Gasteiger partial charge is 0.325 e. The van der Waals surface area contributed by atoms with Gasteiger partial charge in [-0.05, 0) is 56.7 Å². The van der Waals surface area contributed by atoms with Gasteiger partial charge in [-0.1, -0.05) is 50.1 Å². The molecule has 0 saturated heterocycles. The Hall–Kier alpha value is -2.60. The number of nitrogens with one attached hydrogen (secondary N) is 1. The van der Waals surface area contributed by atoms with Crippen LogP contribution < -0.4 is 5.32 Å². The van der Waals surface area contributed by atoms with Gasteiger partial charge in [-0.25, -0.2) is 4.98 Å². The molecule has 0 unspecified atom stereocenters. The number of Topliss-reactive ketones (excluding diaryl/α,β-unsaturated/α-hetero) is 1. The number of hydrogen-bond donors (Lipinski definition) is 1. The second-order valence-electron chi connectivity index (χ2n) is 7.48. The van der Waals surface area contributed by atoms with E-state index in [1.807, 2.05) is 25.1 Å². The highest BCUT2D eigenvalue weighted by molar-refractivity contribution is 8.00. The first kappa shape index (κ1) is 22.1. The summed E-state index contributed by atoms with van der Waals surface area (Å²) in [5.41, 5.74) is 3.39. The highest BCUT2D eigenvalue weighted by atomic mass is 32.2. The average molecular weight is 424 g/mol. The minimum Gasteiger partial charge on any atom is -0.325 e. The Labute approximate surface area is 182 Å². The van der Waals surface area contributed by atoms with Gasteiger partial charge in [0.1, 0.15) is 0 Å². The summed E-state index contributed by atoms with van der Waals surface area (Å²) in [6.07, 6.45) is 4.73. The van der Waals surface area contributed by atoms with Crippen molar-refractivity contribution in [1.29, 1.82) is 0 Å². The minimum absolute atomic E-state index is 0.00893. The number of aromatic nitrogens is 2. The van der Waals surface area contributed by atoms with Gasteiger partial charge in [0, 0.05) is 17.8 Å². The van der Waals surface area contributed by atoms with E-state index in [4.69, 9.17) is 4.98 Å². The Morgan fingerprint density at radius 1 is 1.07 bits per heavy atom. The number of hydrogen-bond acceptors (Lipinski definition) is 4. The molecule has 6 heteroatoms. The summed E-state index contributed by atoms with van der Waals surface area (Å²) in [6.45, 7) is 6.54. The molecule has 0 bridgehead atoms. The number of para-hydroxylation sites is 2. The SMILES string of the molecule is CCCCCCn1c(S[C@H](C)C(=O)Nc2ccc(C(C)=O)cc2)nc2ccccc21. The Kier molecular flexibility index (Phi) is 7.69. The lowest BCUT2D eigenvalue weighted by atomic mass is 10.1. The maximum atomic E-state index is 12.7. The van der Waals surface area contributed by atoms with Gasteiger partial charge in [-0.2, -0.15) is 0 Å². The number of amides is 1. The number of unbranched alkanes of at least 4 members (excludes halogenated alkanes) is 3. The highest BCUT2D eigenvalue weighted by Gasteiger charge is 2.19. The topological polar surface area (TPSA) is 64.0 Å². The van der Waals surface area contributed by atoms with Crippen LogP contribution in [0.5, 0.6) is 0 Å². The van der Waals surface area contributed by atoms with Crippen molar-refractivity contribution in [3.8, 4) is 0 Å². The molecule has 1 aromatic heterocycles. The number of imidazole rings is 1. The van der Waals surface area contributed by atoms with Gasteiger partial charge in [0.15, 0.2) is 10.9 Å². The number of carbonyl (C=O) groups is 2. The van der Waals surface area contributed by atoms with Crippen LogP contribution in [0, 0.1) is 0 Å². The quantitative estimate of drug-likeness (QED) is 0.249. The van der Waals surface area contributed by atoms with Gasteiger partial charge in [-0.3, -0.25) is 9.59 Å². The molecule has 0 radical (unpaired) electrons. The molecule has 2 aromatic carbocycles. The number of ketones is 1. The number of thioether (sulfide) groups is 1. The van der Waals surface area contributed by atoms with Crippen molar-refractivity contribution in [3.05, 3.63) is 54.1 Å². The Morgan fingerprint density at radius 3 is 2.50 bits per heavy atom. The highest BCUT2D eigenvalue weighted by Crippen LogP contribution is 2.28. The monoisotopic (exact) mass is 423 g/mol. The fraction of sp³-hybridized carbons (Fsp3) is 0.375. The van der Waals surface area contributed by atoms with E-state index >= 15 is 0 Å². The molecule has 0 aliphatic rings. The Morgan fingerprint density at radius 2 is 1.80 bits per heavy atom. The van der Waals surface area contributed by atoms with Crippen molar-refractivity contribution >= 4 is 40.2 Å². The van der Waals surface area contributed by atoms with Crippen LogP contribution >= 0.6 is 11.8 Å². The van der Waals surface area contributed by atoms with Crippen molar-refractivity contribution in [3.63, 3.8) is 0 Å². The van der Waals surface area contributed by atoms with Crippen LogP contribution in [0.15, 0.2) is 53.7 Å². The van der Waals surface area contributed by atoms with Crippen LogP contribution in [0.1, 0.15) is 56.8 Å². The van der Waals surface area contributed by atoms with E-state index in [0.717, 1.165) is 29.2 Å². The summed E-state index contributed by atoms with van der Waals surface area (Å²) in [7, 11) is 0. The van der Waals surface area contributed by atoms with Crippen LogP contribution in [0.3, 0.4) is 0 Å². The van der Waals surface area contributed by atoms with Crippen molar-refractivity contribution in [2.24, 2.45) is 0 Å². The van der Waals surface area contributed by atoms with E-state index in [9.17, 15) is 9.59 Å². The lowest BCUT2D eigenvalue weighted by Gasteiger charge is -2.14. The molecule has 0 aliphatic carbocycles. The van der Waals surface area contributed by atoms with E-state index < -0.39 is 0 Å². The smallest absolute Gasteiger partial charge is 0.237 e. The summed E-state index contributed by atoms with van der Waals surface area (Å²) < 4.78 is 2.24.